The first-order chi connectivity index (χ1) is 6.77. The van der Waals surface area contributed by atoms with E-state index in [0.29, 0.717) is 5.56 Å². The third-order valence-electron chi connectivity index (χ3n) is 2.05. The van der Waals surface area contributed by atoms with Crippen LogP contribution >= 0.6 is 0 Å². The third kappa shape index (κ3) is 2.63. The second-order valence-electron chi connectivity index (χ2n) is 3.11. The average molecular weight is 186 g/mol. The molecule has 0 saturated carbocycles. The molecule has 0 saturated heterocycles. The molecule has 0 spiro atoms. The summed E-state index contributed by atoms with van der Waals surface area (Å²) < 4.78 is 0. The van der Waals surface area contributed by atoms with Crippen LogP contribution in [-0.2, 0) is 0 Å². The molecular formula is C12H14N2. The van der Waals surface area contributed by atoms with Crippen molar-refractivity contribution in [3.63, 3.8) is 0 Å². The van der Waals surface area contributed by atoms with Crippen molar-refractivity contribution in [2.24, 2.45) is 0 Å². The summed E-state index contributed by atoms with van der Waals surface area (Å²) in [6.45, 7) is 2.90. The Kier molecular flexibility index (Phi) is 3.75. The van der Waals surface area contributed by atoms with Crippen LogP contribution in [0.3, 0.4) is 0 Å². The van der Waals surface area contributed by atoms with Gasteiger partial charge in [0.2, 0.25) is 0 Å². The largest absolute Gasteiger partial charge is 0.371 e. The standard InChI is InChI=1S/C12H14N2/c1-3-4-9-14(2)12-7-5-11(10-13)6-8-12/h3-8H,9H2,1-2H3. The van der Waals surface area contributed by atoms with Gasteiger partial charge in [0.15, 0.2) is 0 Å². The fourth-order valence-electron chi connectivity index (χ4n) is 1.16. The Hall–Kier alpha value is -1.75. The highest BCUT2D eigenvalue weighted by molar-refractivity contribution is 5.49. The zero-order chi connectivity index (χ0) is 10.4. The molecule has 0 N–H and O–H groups in total. The summed E-state index contributed by atoms with van der Waals surface area (Å²) >= 11 is 0. The highest BCUT2D eigenvalue weighted by atomic mass is 15.1. The first kappa shape index (κ1) is 10.3. The molecular weight excluding hydrogens is 172 g/mol. The van der Waals surface area contributed by atoms with E-state index in [2.05, 4.69) is 17.0 Å². The second kappa shape index (κ2) is 5.08. The van der Waals surface area contributed by atoms with Gasteiger partial charge in [-0.1, -0.05) is 12.2 Å². The Morgan fingerprint density at radius 2 is 2.00 bits per heavy atom. The van der Waals surface area contributed by atoms with Crippen LogP contribution in [0.25, 0.3) is 0 Å². The summed E-state index contributed by atoms with van der Waals surface area (Å²) in [5.41, 5.74) is 1.83. The topological polar surface area (TPSA) is 27.0 Å². The maximum absolute atomic E-state index is 8.63. The van der Waals surface area contributed by atoms with Gasteiger partial charge in [-0.25, -0.2) is 0 Å². The van der Waals surface area contributed by atoms with E-state index < -0.39 is 0 Å². The molecule has 1 aromatic carbocycles. The van der Waals surface area contributed by atoms with E-state index in [-0.39, 0.29) is 0 Å². The summed E-state index contributed by atoms with van der Waals surface area (Å²) in [6, 6.07) is 9.69. The monoisotopic (exact) mass is 186 g/mol. The zero-order valence-electron chi connectivity index (χ0n) is 8.57. The molecule has 0 bridgehead atoms. The fraction of sp³-hybridized carbons (Fsp3) is 0.250. The molecule has 0 fully saturated rings. The molecule has 0 amide bonds. The first-order valence-corrected chi connectivity index (χ1v) is 4.60. The van der Waals surface area contributed by atoms with Crippen LogP contribution in [0, 0.1) is 11.3 Å². The highest BCUT2D eigenvalue weighted by Gasteiger charge is 1.97. The lowest BCUT2D eigenvalue weighted by atomic mass is 10.2. The molecule has 0 unspecified atom stereocenters. The molecule has 0 heterocycles. The van der Waals surface area contributed by atoms with Gasteiger partial charge in [-0.3, -0.25) is 0 Å². The molecule has 14 heavy (non-hydrogen) atoms. The van der Waals surface area contributed by atoms with Gasteiger partial charge < -0.3 is 4.90 Å². The van der Waals surface area contributed by atoms with Crippen LogP contribution in [-0.4, -0.2) is 13.6 Å². The molecule has 1 aromatic rings. The molecule has 0 aliphatic heterocycles. The van der Waals surface area contributed by atoms with Crippen LogP contribution in [0.5, 0.6) is 0 Å². The van der Waals surface area contributed by atoms with Crippen LogP contribution in [0.15, 0.2) is 36.4 Å². The molecule has 0 aliphatic rings. The van der Waals surface area contributed by atoms with Gasteiger partial charge in [0.25, 0.3) is 0 Å². The van der Waals surface area contributed by atoms with Crippen LogP contribution in [0.1, 0.15) is 12.5 Å². The minimum atomic E-state index is 0.702. The number of anilines is 1. The Morgan fingerprint density at radius 1 is 1.36 bits per heavy atom. The van der Waals surface area contributed by atoms with Gasteiger partial charge in [0, 0.05) is 19.3 Å². The van der Waals surface area contributed by atoms with E-state index >= 15 is 0 Å². The van der Waals surface area contributed by atoms with Crippen molar-refractivity contribution in [3.05, 3.63) is 42.0 Å². The van der Waals surface area contributed by atoms with E-state index in [9.17, 15) is 0 Å². The molecule has 0 aromatic heterocycles. The number of hydrogen-bond acceptors (Lipinski definition) is 2. The second-order valence-corrected chi connectivity index (χ2v) is 3.11. The summed E-state index contributed by atoms with van der Waals surface area (Å²) in [5, 5.41) is 8.63. The number of likely N-dealkylation sites (N-methyl/N-ethyl adjacent to an activating group) is 1. The Bertz CT molecular complexity index is 344. The Morgan fingerprint density at radius 3 is 2.50 bits per heavy atom. The predicted molar refractivity (Wildman–Crippen MR) is 59.2 cm³/mol. The van der Waals surface area contributed by atoms with E-state index in [1.807, 2.05) is 44.3 Å². The molecule has 72 valence electrons. The molecule has 0 aliphatic carbocycles. The van der Waals surface area contributed by atoms with Gasteiger partial charge in [-0.2, -0.15) is 5.26 Å². The van der Waals surface area contributed by atoms with E-state index in [1.54, 1.807) is 0 Å². The Labute approximate surface area is 85.1 Å². The maximum Gasteiger partial charge on any atom is 0.0991 e. The number of nitrogens with zero attached hydrogens (tertiary/aromatic N) is 2. The number of allylic oxidation sites excluding steroid dienone is 1. The lowest BCUT2D eigenvalue weighted by Crippen LogP contribution is -2.16. The number of nitriles is 1. The number of benzene rings is 1. The van der Waals surface area contributed by atoms with Crippen LogP contribution in [0.4, 0.5) is 5.69 Å². The molecule has 2 heteroatoms. The quantitative estimate of drug-likeness (QED) is 0.678. The highest BCUT2D eigenvalue weighted by Crippen LogP contribution is 2.12. The van der Waals surface area contributed by atoms with Crippen LogP contribution in [0.2, 0.25) is 0 Å². The summed E-state index contributed by atoms with van der Waals surface area (Å²) in [6.07, 6.45) is 4.12. The normalized spacial score (nSPS) is 10.1. The van der Waals surface area contributed by atoms with E-state index in [4.69, 9.17) is 5.26 Å². The van der Waals surface area contributed by atoms with Gasteiger partial charge in [0.1, 0.15) is 0 Å². The van der Waals surface area contributed by atoms with Crippen LogP contribution < -0.4 is 4.90 Å². The molecule has 1 rings (SSSR count). The minimum Gasteiger partial charge on any atom is -0.371 e. The fourth-order valence-corrected chi connectivity index (χ4v) is 1.16. The van der Waals surface area contributed by atoms with Crippen molar-refractivity contribution in [1.82, 2.24) is 0 Å². The van der Waals surface area contributed by atoms with Crippen molar-refractivity contribution in [2.75, 3.05) is 18.5 Å². The lowest BCUT2D eigenvalue weighted by molar-refractivity contribution is 1.03. The van der Waals surface area contributed by atoms with Crippen molar-refractivity contribution in [1.29, 1.82) is 5.26 Å². The lowest BCUT2D eigenvalue weighted by Gasteiger charge is -2.16. The third-order valence-corrected chi connectivity index (χ3v) is 2.05. The number of rotatable bonds is 3. The van der Waals surface area contributed by atoms with Crippen molar-refractivity contribution in [3.8, 4) is 6.07 Å². The van der Waals surface area contributed by atoms with Gasteiger partial charge in [0.05, 0.1) is 11.6 Å². The van der Waals surface area contributed by atoms with Gasteiger partial charge >= 0.3 is 0 Å². The zero-order valence-corrected chi connectivity index (χ0v) is 8.57. The minimum absolute atomic E-state index is 0.702. The molecule has 0 radical (unpaired) electrons. The number of hydrogen-bond donors (Lipinski definition) is 0. The maximum atomic E-state index is 8.63. The average Bonchev–Trinajstić information content (AvgIpc) is 2.26. The first-order valence-electron chi connectivity index (χ1n) is 4.60. The molecule has 2 nitrogen and oxygen atoms in total. The van der Waals surface area contributed by atoms with E-state index in [0.717, 1.165) is 12.2 Å². The smallest absolute Gasteiger partial charge is 0.0991 e. The summed E-state index contributed by atoms with van der Waals surface area (Å²) in [4.78, 5) is 2.13. The van der Waals surface area contributed by atoms with Gasteiger partial charge in [-0.05, 0) is 31.2 Å². The van der Waals surface area contributed by atoms with E-state index in [1.165, 1.54) is 0 Å². The Balaban J connectivity index is 2.72. The predicted octanol–water partition coefficient (Wildman–Crippen LogP) is 2.57. The summed E-state index contributed by atoms with van der Waals surface area (Å²) in [5.74, 6) is 0. The van der Waals surface area contributed by atoms with Crippen molar-refractivity contribution >= 4 is 5.69 Å². The van der Waals surface area contributed by atoms with Crippen molar-refractivity contribution < 1.29 is 0 Å². The SMILES string of the molecule is CC=CCN(C)c1ccc(C#N)cc1. The molecule has 0 atom stereocenters. The van der Waals surface area contributed by atoms with Crippen molar-refractivity contribution in [2.45, 2.75) is 6.92 Å². The van der Waals surface area contributed by atoms with Gasteiger partial charge in [-0.15, -0.1) is 0 Å². The summed E-state index contributed by atoms with van der Waals surface area (Å²) in [7, 11) is 2.03.